The van der Waals surface area contributed by atoms with Gasteiger partial charge in [-0.15, -0.1) is 0 Å². The minimum Gasteiger partial charge on any atom is -0.448 e. The van der Waals surface area contributed by atoms with Crippen molar-refractivity contribution in [1.29, 1.82) is 0 Å². The van der Waals surface area contributed by atoms with Crippen molar-refractivity contribution in [2.75, 3.05) is 11.4 Å². The van der Waals surface area contributed by atoms with Crippen molar-refractivity contribution < 1.29 is 4.42 Å². The topological polar surface area (TPSA) is 16.4 Å². The average molecular weight is 201 g/mol. The molecule has 0 aliphatic carbocycles. The van der Waals surface area contributed by atoms with E-state index in [1.54, 1.807) is 6.26 Å². The minimum atomic E-state index is 0.906. The highest BCUT2D eigenvalue weighted by molar-refractivity contribution is 5.58. The smallest absolute Gasteiger partial charge is 0.199 e. The molecule has 1 aromatic carbocycles. The predicted octanol–water partition coefficient (Wildman–Crippen LogP) is 3.83. The van der Waals surface area contributed by atoms with E-state index in [-0.39, 0.29) is 0 Å². The van der Waals surface area contributed by atoms with E-state index in [2.05, 4.69) is 24.0 Å². The first kappa shape index (κ1) is 9.84. The van der Waals surface area contributed by atoms with Crippen LogP contribution in [0.5, 0.6) is 0 Å². The Balaban J connectivity index is 2.28. The van der Waals surface area contributed by atoms with Gasteiger partial charge in [-0.2, -0.15) is 0 Å². The first-order valence-corrected chi connectivity index (χ1v) is 5.28. The van der Waals surface area contributed by atoms with Gasteiger partial charge >= 0.3 is 0 Å². The zero-order chi connectivity index (χ0) is 10.5. The Morgan fingerprint density at radius 2 is 1.87 bits per heavy atom. The number of benzene rings is 1. The molecule has 0 saturated carbocycles. The summed E-state index contributed by atoms with van der Waals surface area (Å²) in [6.45, 7) is 3.14. The number of para-hydroxylation sites is 1. The van der Waals surface area contributed by atoms with Crippen LogP contribution in [0.4, 0.5) is 11.6 Å². The lowest BCUT2D eigenvalue weighted by molar-refractivity contribution is 0.561. The van der Waals surface area contributed by atoms with Gasteiger partial charge in [0.25, 0.3) is 0 Å². The lowest BCUT2D eigenvalue weighted by Crippen LogP contribution is -2.16. The van der Waals surface area contributed by atoms with Crippen molar-refractivity contribution in [3.63, 3.8) is 0 Å². The van der Waals surface area contributed by atoms with E-state index in [9.17, 15) is 0 Å². The summed E-state index contributed by atoms with van der Waals surface area (Å²) in [7, 11) is 0. The summed E-state index contributed by atoms with van der Waals surface area (Å²) in [5.74, 6) is 0.906. The lowest BCUT2D eigenvalue weighted by atomic mass is 10.2. The highest BCUT2D eigenvalue weighted by atomic mass is 16.3. The second kappa shape index (κ2) is 4.69. The molecule has 2 aromatic rings. The monoisotopic (exact) mass is 201 g/mol. The molecule has 2 nitrogen and oxygen atoms in total. The molecule has 0 N–H and O–H groups in total. The Morgan fingerprint density at radius 1 is 1.07 bits per heavy atom. The highest BCUT2D eigenvalue weighted by Crippen LogP contribution is 2.25. The normalized spacial score (nSPS) is 10.2. The van der Waals surface area contributed by atoms with Gasteiger partial charge in [0.15, 0.2) is 5.88 Å². The number of anilines is 2. The Hall–Kier alpha value is -1.70. The van der Waals surface area contributed by atoms with Crippen LogP contribution < -0.4 is 4.90 Å². The molecule has 2 rings (SSSR count). The van der Waals surface area contributed by atoms with Crippen molar-refractivity contribution in [3.05, 3.63) is 48.7 Å². The summed E-state index contributed by atoms with van der Waals surface area (Å²) in [4.78, 5) is 2.18. The molecule has 0 aliphatic rings. The molecule has 0 atom stereocenters. The van der Waals surface area contributed by atoms with E-state index in [4.69, 9.17) is 4.42 Å². The van der Waals surface area contributed by atoms with Crippen LogP contribution in [-0.4, -0.2) is 6.54 Å². The predicted molar refractivity (Wildman–Crippen MR) is 62.4 cm³/mol. The minimum absolute atomic E-state index is 0.906. The summed E-state index contributed by atoms with van der Waals surface area (Å²) >= 11 is 0. The molecule has 2 heteroatoms. The summed E-state index contributed by atoms with van der Waals surface area (Å²) < 4.78 is 5.43. The summed E-state index contributed by atoms with van der Waals surface area (Å²) in [6, 6.07) is 14.2. The van der Waals surface area contributed by atoms with E-state index in [0.717, 1.165) is 18.8 Å². The summed E-state index contributed by atoms with van der Waals surface area (Å²) in [5.41, 5.74) is 1.18. The Bertz CT molecular complexity index is 380. The number of nitrogens with zero attached hydrogens (tertiary/aromatic N) is 1. The molecule has 1 aromatic heterocycles. The second-order valence-corrected chi connectivity index (χ2v) is 3.44. The van der Waals surface area contributed by atoms with Gasteiger partial charge in [0.2, 0.25) is 0 Å². The van der Waals surface area contributed by atoms with Gasteiger partial charge in [-0.05, 0) is 24.6 Å². The van der Waals surface area contributed by atoms with Crippen molar-refractivity contribution in [2.24, 2.45) is 0 Å². The fourth-order valence-corrected chi connectivity index (χ4v) is 1.62. The third-order valence-electron chi connectivity index (χ3n) is 2.29. The average Bonchev–Trinajstić information content (AvgIpc) is 2.80. The Morgan fingerprint density at radius 3 is 2.47 bits per heavy atom. The maximum Gasteiger partial charge on any atom is 0.199 e. The standard InChI is InChI=1S/C13H15NO/c1-2-10-14(13-9-6-11-15-13)12-7-4-3-5-8-12/h3-9,11H,2,10H2,1H3. The van der Waals surface area contributed by atoms with Crippen LogP contribution in [0, 0.1) is 0 Å². The van der Waals surface area contributed by atoms with Gasteiger partial charge in [0.1, 0.15) is 0 Å². The van der Waals surface area contributed by atoms with Crippen LogP contribution in [0.15, 0.2) is 53.1 Å². The van der Waals surface area contributed by atoms with Crippen LogP contribution >= 0.6 is 0 Å². The Labute approximate surface area is 90.1 Å². The van der Waals surface area contributed by atoms with Crippen molar-refractivity contribution in [2.45, 2.75) is 13.3 Å². The molecule has 0 spiro atoms. The van der Waals surface area contributed by atoms with Crippen LogP contribution in [0.2, 0.25) is 0 Å². The maximum atomic E-state index is 5.43. The van der Waals surface area contributed by atoms with Gasteiger partial charge in [0, 0.05) is 18.3 Å². The molecular formula is C13H15NO. The van der Waals surface area contributed by atoms with Crippen LogP contribution in [-0.2, 0) is 0 Å². The summed E-state index contributed by atoms with van der Waals surface area (Å²) in [6.07, 6.45) is 2.80. The van der Waals surface area contributed by atoms with Crippen LogP contribution in [0.3, 0.4) is 0 Å². The zero-order valence-corrected chi connectivity index (χ0v) is 8.89. The largest absolute Gasteiger partial charge is 0.448 e. The van der Waals surface area contributed by atoms with E-state index in [1.807, 2.05) is 30.3 Å². The number of rotatable bonds is 4. The fourth-order valence-electron chi connectivity index (χ4n) is 1.62. The second-order valence-electron chi connectivity index (χ2n) is 3.44. The first-order chi connectivity index (χ1) is 7.42. The molecule has 0 amide bonds. The van der Waals surface area contributed by atoms with Gasteiger partial charge in [0.05, 0.1) is 6.26 Å². The number of furan rings is 1. The molecule has 78 valence electrons. The SMILES string of the molecule is CCCN(c1ccccc1)c1ccco1. The van der Waals surface area contributed by atoms with Gasteiger partial charge in [-0.1, -0.05) is 25.1 Å². The van der Waals surface area contributed by atoms with Crippen molar-refractivity contribution >= 4 is 11.6 Å². The third kappa shape index (κ3) is 2.21. The van der Waals surface area contributed by atoms with Crippen LogP contribution in [0.1, 0.15) is 13.3 Å². The molecule has 0 saturated heterocycles. The maximum absolute atomic E-state index is 5.43. The van der Waals surface area contributed by atoms with Crippen LogP contribution in [0.25, 0.3) is 0 Å². The van der Waals surface area contributed by atoms with Gasteiger partial charge < -0.3 is 9.32 Å². The Kier molecular flexibility index (Phi) is 3.08. The van der Waals surface area contributed by atoms with E-state index < -0.39 is 0 Å². The third-order valence-corrected chi connectivity index (χ3v) is 2.29. The molecule has 0 radical (unpaired) electrons. The van der Waals surface area contributed by atoms with E-state index in [1.165, 1.54) is 5.69 Å². The number of hydrogen-bond acceptors (Lipinski definition) is 2. The first-order valence-electron chi connectivity index (χ1n) is 5.28. The zero-order valence-electron chi connectivity index (χ0n) is 8.89. The molecule has 0 fully saturated rings. The molecule has 15 heavy (non-hydrogen) atoms. The van der Waals surface area contributed by atoms with Gasteiger partial charge in [-0.25, -0.2) is 0 Å². The molecule has 0 bridgehead atoms. The molecule has 0 aliphatic heterocycles. The molecule has 1 heterocycles. The number of hydrogen-bond donors (Lipinski definition) is 0. The van der Waals surface area contributed by atoms with E-state index >= 15 is 0 Å². The highest BCUT2D eigenvalue weighted by Gasteiger charge is 2.09. The van der Waals surface area contributed by atoms with Gasteiger partial charge in [-0.3, -0.25) is 0 Å². The summed E-state index contributed by atoms with van der Waals surface area (Å²) in [5, 5.41) is 0. The lowest BCUT2D eigenvalue weighted by Gasteiger charge is -2.21. The fraction of sp³-hybridized carbons (Fsp3) is 0.231. The quantitative estimate of drug-likeness (QED) is 0.747. The van der Waals surface area contributed by atoms with Crippen molar-refractivity contribution in [3.8, 4) is 0 Å². The molecule has 0 unspecified atom stereocenters. The van der Waals surface area contributed by atoms with Crippen molar-refractivity contribution in [1.82, 2.24) is 0 Å². The molecular weight excluding hydrogens is 186 g/mol. The van der Waals surface area contributed by atoms with E-state index in [0.29, 0.717) is 0 Å².